The predicted octanol–water partition coefficient (Wildman–Crippen LogP) is 2.13. The zero-order valence-corrected chi connectivity index (χ0v) is 22.0. The van der Waals surface area contributed by atoms with E-state index in [1.807, 2.05) is 19.2 Å². The van der Waals surface area contributed by atoms with E-state index < -0.39 is 0 Å². The first-order chi connectivity index (χ1) is 15.2. The van der Waals surface area contributed by atoms with Crippen LogP contribution in [-0.4, -0.2) is 19.4 Å². The monoisotopic (exact) mass is 573 g/mol. The molecule has 5 rings (SSSR count). The lowest BCUT2D eigenvalue weighted by Crippen LogP contribution is -3.00. The van der Waals surface area contributed by atoms with Crippen molar-refractivity contribution in [2.75, 3.05) is 18.5 Å². The summed E-state index contributed by atoms with van der Waals surface area (Å²) >= 11 is 3.45. The Bertz CT molecular complexity index is 1310. The number of carbonyl (C=O) groups is 1. The molecule has 2 heterocycles. The molecule has 2 aliphatic rings. The van der Waals surface area contributed by atoms with Crippen LogP contribution in [0.4, 0.5) is 5.69 Å². The van der Waals surface area contributed by atoms with Gasteiger partial charge in [0, 0.05) is 36.2 Å². The second kappa shape index (κ2) is 9.41. The van der Waals surface area contributed by atoms with Gasteiger partial charge in [0.05, 0.1) is 22.0 Å². The molecular weight excluding hydrogens is 549 g/mol. The Morgan fingerprint density at radius 3 is 2.56 bits per heavy atom. The molecule has 0 fully saturated rings. The molecule has 32 heavy (non-hydrogen) atoms. The normalized spacial score (nSPS) is 17.7. The summed E-state index contributed by atoms with van der Waals surface area (Å²) in [5.41, 5.74) is 4.86. The highest BCUT2D eigenvalue weighted by molar-refractivity contribution is 8.03. The Hall–Kier alpha value is -2.10. The van der Waals surface area contributed by atoms with E-state index in [2.05, 4.69) is 77.2 Å². The van der Waals surface area contributed by atoms with Crippen LogP contribution in [0.15, 0.2) is 81.4 Å². The number of para-hydroxylation sites is 2. The number of aryl methyl sites for hydroxylation is 1. The van der Waals surface area contributed by atoms with Gasteiger partial charge >= 0.3 is 0 Å². The molecule has 0 saturated heterocycles. The summed E-state index contributed by atoms with van der Waals surface area (Å²) in [4.78, 5) is 16.7. The topological polar surface area (TPSA) is 36.2 Å². The van der Waals surface area contributed by atoms with Crippen LogP contribution in [0.1, 0.15) is 18.9 Å². The van der Waals surface area contributed by atoms with Crippen LogP contribution in [0, 0.1) is 0 Å². The number of fused-ring (bicyclic) bond motifs is 2. The van der Waals surface area contributed by atoms with Gasteiger partial charge in [0.1, 0.15) is 11.2 Å². The number of halogens is 1. The van der Waals surface area contributed by atoms with E-state index in [1.54, 1.807) is 23.1 Å². The minimum Gasteiger partial charge on any atom is -1.00 e. The number of likely N-dealkylation sites (N-methyl/N-ethyl adjacent to an activating group) is 1. The third-order valence-corrected chi connectivity index (χ3v) is 7.94. The minimum absolute atomic E-state index is 0. The number of allylic oxidation sites excluding steroid dienone is 3. The van der Waals surface area contributed by atoms with E-state index in [0.717, 1.165) is 40.0 Å². The molecule has 1 aliphatic carbocycles. The summed E-state index contributed by atoms with van der Waals surface area (Å²) in [5, 5.41) is 5.47. The maximum atomic E-state index is 13.2. The fourth-order valence-corrected chi connectivity index (χ4v) is 6.56. The van der Waals surface area contributed by atoms with Gasteiger partial charge in [-0.1, -0.05) is 47.4 Å². The largest absolute Gasteiger partial charge is 1.00 e. The summed E-state index contributed by atoms with van der Waals surface area (Å²) < 4.78 is 3.51. The molecule has 0 atom stereocenters. The number of thioether (sulfide) groups is 1. The van der Waals surface area contributed by atoms with Crippen LogP contribution in [0.2, 0.25) is 0 Å². The van der Waals surface area contributed by atoms with Crippen molar-refractivity contribution < 1.29 is 33.3 Å². The molecule has 7 heteroatoms. The average Bonchev–Trinajstić information content (AvgIpc) is 3.34. The Balaban J connectivity index is 0.00000245. The Morgan fingerprint density at radius 1 is 1.06 bits per heavy atom. The molecule has 4 nitrogen and oxygen atoms in total. The predicted molar refractivity (Wildman–Crippen MR) is 130 cm³/mol. The quantitative estimate of drug-likeness (QED) is 0.289. The van der Waals surface area contributed by atoms with Gasteiger partial charge in [0.2, 0.25) is 5.52 Å². The van der Waals surface area contributed by atoms with E-state index in [0.29, 0.717) is 0 Å². The fraction of sp³-hybridized carbons (Fsp3) is 0.200. The lowest BCUT2D eigenvalue weighted by atomic mass is 9.86. The van der Waals surface area contributed by atoms with Gasteiger partial charge in [-0.3, -0.25) is 4.79 Å². The highest BCUT2D eigenvalue weighted by atomic mass is 127. The molecule has 1 aromatic heterocycles. The first kappa shape index (κ1) is 23.1. The van der Waals surface area contributed by atoms with Crippen molar-refractivity contribution in [1.29, 1.82) is 0 Å². The molecule has 164 valence electrons. The van der Waals surface area contributed by atoms with E-state index in [4.69, 9.17) is 0 Å². The molecule has 3 aromatic rings. The second-order valence-corrected chi connectivity index (χ2v) is 9.50. The van der Waals surface area contributed by atoms with Crippen LogP contribution in [0.25, 0.3) is 16.3 Å². The van der Waals surface area contributed by atoms with Crippen molar-refractivity contribution in [3.63, 3.8) is 0 Å². The number of anilines is 1. The smallest absolute Gasteiger partial charge is 0.263 e. The zero-order valence-electron chi connectivity index (χ0n) is 18.2. The summed E-state index contributed by atoms with van der Waals surface area (Å²) in [6.07, 6.45) is 4.08. The first-order valence-electron chi connectivity index (χ1n) is 10.5. The molecule has 0 saturated carbocycles. The number of carbonyl (C=O) groups excluding carboxylic acids is 1. The number of aromatic nitrogens is 1. The summed E-state index contributed by atoms with van der Waals surface area (Å²) in [6, 6.07) is 16.8. The van der Waals surface area contributed by atoms with Crippen molar-refractivity contribution in [3.8, 4) is 0 Å². The minimum atomic E-state index is 0. The van der Waals surface area contributed by atoms with Crippen LogP contribution >= 0.6 is 23.1 Å². The van der Waals surface area contributed by atoms with Gasteiger partial charge in [-0.25, -0.2) is 0 Å². The molecule has 0 amide bonds. The molecule has 2 aromatic carbocycles. The van der Waals surface area contributed by atoms with Crippen molar-refractivity contribution >= 4 is 50.9 Å². The fourth-order valence-electron chi connectivity index (χ4n) is 4.22. The summed E-state index contributed by atoms with van der Waals surface area (Å²) in [6.45, 7) is 6.02. The number of benzene rings is 2. The lowest BCUT2D eigenvalue weighted by Gasteiger charge is -2.25. The van der Waals surface area contributed by atoms with Gasteiger partial charge < -0.3 is 34.2 Å². The van der Waals surface area contributed by atoms with Crippen LogP contribution in [0.5, 0.6) is 0 Å². The molecule has 1 aliphatic heterocycles. The number of rotatable bonds is 5. The second-order valence-electron chi connectivity index (χ2n) is 7.37. The molecule has 0 unspecified atom stereocenters. The van der Waals surface area contributed by atoms with E-state index in [-0.39, 0.29) is 29.8 Å². The Kier molecular flexibility index (Phi) is 6.78. The summed E-state index contributed by atoms with van der Waals surface area (Å²) in [5.74, 6) is 0.101. The lowest BCUT2D eigenvalue weighted by molar-refractivity contribution is -0.665. The maximum Gasteiger partial charge on any atom is 0.263 e. The molecule has 0 radical (unpaired) electrons. The third-order valence-electron chi connectivity index (χ3n) is 5.72. The van der Waals surface area contributed by atoms with Gasteiger partial charge in [0.15, 0.2) is 5.78 Å². The van der Waals surface area contributed by atoms with Crippen LogP contribution < -0.4 is 38.8 Å². The zero-order chi connectivity index (χ0) is 21.5. The Labute approximate surface area is 213 Å². The number of nitrogens with one attached hydrogen (secondary N) is 1. The molecule has 0 spiro atoms. The van der Waals surface area contributed by atoms with E-state index in [9.17, 15) is 4.79 Å². The van der Waals surface area contributed by atoms with Crippen molar-refractivity contribution in [2.45, 2.75) is 25.3 Å². The van der Waals surface area contributed by atoms with Crippen molar-refractivity contribution in [1.82, 2.24) is 5.32 Å². The standard InChI is InChI=1S/C25H23N3OS2.HI/c1-4-27-18-10-6-8-12-20(18)30-22(27)14-16-24(26-3)17(25(16)29)15-23-28(5-2)19-11-7-9-13-21(19)31-23;/h6-15H,4-5H2,1-3H3;1H. The molecule has 1 N–H and O–H groups in total. The SMILES string of the molecule is CCN1/C(=C/C2=C(NC)C(=C/c3sc4ccccc4[n+]3CC)/C2=O)Sc2ccccc21.[I-]. The number of hydrogen-bond donors (Lipinski definition) is 1. The average molecular weight is 574 g/mol. The van der Waals surface area contributed by atoms with Crippen LogP contribution in [0.3, 0.4) is 0 Å². The number of Topliss-reactive ketones (excluding diaryl/α,β-unsaturated/α-hetero) is 1. The third kappa shape index (κ3) is 3.70. The van der Waals surface area contributed by atoms with Gasteiger partial charge in [-0.2, -0.15) is 4.57 Å². The maximum absolute atomic E-state index is 13.2. The van der Waals surface area contributed by atoms with Gasteiger partial charge in [-0.05, 0) is 38.1 Å². The molecule has 0 bridgehead atoms. The number of thiazole rings is 1. The number of hydrogen-bond acceptors (Lipinski definition) is 5. The van der Waals surface area contributed by atoms with Gasteiger partial charge in [0.25, 0.3) is 5.01 Å². The highest BCUT2D eigenvalue weighted by Gasteiger charge is 2.35. The van der Waals surface area contributed by atoms with Crippen molar-refractivity contribution in [3.05, 3.63) is 81.5 Å². The number of ketones is 1. The van der Waals surface area contributed by atoms with E-state index >= 15 is 0 Å². The first-order valence-corrected chi connectivity index (χ1v) is 12.2. The summed E-state index contributed by atoms with van der Waals surface area (Å²) in [7, 11) is 1.89. The van der Waals surface area contributed by atoms with Crippen LogP contribution in [-0.2, 0) is 11.3 Å². The number of nitrogens with zero attached hydrogens (tertiary/aromatic N) is 2. The van der Waals surface area contributed by atoms with Gasteiger partial charge in [-0.15, -0.1) is 0 Å². The molecular formula is C25H24IN3OS2. The van der Waals surface area contributed by atoms with E-state index in [1.165, 1.54) is 20.8 Å². The van der Waals surface area contributed by atoms with Crippen molar-refractivity contribution in [2.24, 2.45) is 0 Å². The highest BCUT2D eigenvalue weighted by Crippen LogP contribution is 2.47. The Morgan fingerprint density at radius 2 is 1.81 bits per heavy atom.